The maximum absolute atomic E-state index is 12.6. The Morgan fingerprint density at radius 2 is 2.23 bits per heavy atom. The molecular weight excluding hydrogens is 422 g/mol. The van der Waals surface area contributed by atoms with E-state index >= 15 is 0 Å². The van der Waals surface area contributed by atoms with Crippen LogP contribution in [0.2, 0.25) is 0 Å². The summed E-state index contributed by atoms with van der Waals surface area (Å²) in [7, 11) is 1.57. The average molecular weight is 438 g/mol. The van der Waals surface area contributed by atoms with E-state index in [2.05, 4.69) is 21.2 Å². The molecule has 0 saturated carbocycles. The minimum absolute atomic E-state index is 0.0291. The van der Waals surface area contributed by atoms with Crippen molar-refractivity contribution in [2.75, 3.05) is 20.3 Å². The van der Waals surface area contributed by atoms with Crippen LogP contribution in [0, 0.1) is 10.1 Å². The zero-order valence-electron chi connectivity index (χ0n) is 13.9. The van der Waals surface area contributed by atoms with Crippen LogP contribution in [-0.2, 0) is 11.3 Å². The number of nitro groups is 1. The number of hydrogen-bond acceptors (Lipinski definition) is 5. The number of non-ortho nitro benzene ring substituents is 1. The van der Waals surface area contributed by atoms with E-state index in [1.54, 1.807) is 13.2 Å². The predicted molar refractivity (Wildman–Crippen MR) is 104 cm³/mol. The Morgan fingerprint density at radius 1 is 1.42 bits per heavy atom. The van der Waals surface area contributed by atoms with Crippen molar-refractivity contribution in [2.45, 2.75) is 6.54 Å². The molecule has 0 unspecified atom stereocenters. The summed E-state index contributed by atoms with van der Waals surface area (Å²) in [4.78, 5) is 23.2. The van der Waals surface area contributed by atoms with Gasteiger partial charge < -0.3 is 14.6 Å². The van der Waals surface area contributed by atoms with Crippen molar-refractivity contribution in [3.63, 3.8) is 0 Å². The monoisotopic (exact) mass is 437 g/mol. The third-order valence-electron chi connectivity index (χ3n) is 3.86. The van der Waals surface area contributed by atoms with E-state index in [1.165, 1.54) is 23.5 Å². The summed E-state index contributed by atoms with van der Waals surface area (Å²) in [5, 5.41) is 15.8. The lowest BCUT2D eigenvalue weighted by Gasteiger charge is -2.11. The number of thiophene rings is 1. The highest BCUT2D eigenvalue weighted by molar-refractivity contribution is 9.10. The van der Waals surface area contributed by atoms with Crippen molar-refractivity contribution in [3.8, 4) is 0 Å². The number of carbonyl (C=O) groups is 1. The first-order chi connectivity index (χ1) is 12.5. The second-order valence-corrected chi connectivity index (χ2v) is 7.35. The Morgan fingerprint density at radius 3 is 2.96 bits per heavy atom. The van der Waals surface area contributed by atoms with Gasteiger partial charge in [0, 0.05) is 37.7 Å². The van der Waals surface area contributed by atoms with Gasteiger partial charge in [-0.3, -0.25) is 14.9 Å². The summed E-state index contributed by atoms with van der Waals surface area (Å²) >= 11 is 5.06. The normalized spacial score (nSPS) is 11.0. The fourth-order valence-corrected chi connectivity index (χ4v) is 4.38. The number of ether oxygens (including phenoxy) is 1. The molecule has 1 N–H and O–H groups in total. The molecule has 9 heteroatoms. The molecule has 1 aromatic carbocycles. The molecule has 3 rings (SSSR count). The zero-order chi connectivity index (χ0) is 18.7. The third kappa shape index (κ3) is 3.79. The van der Waals surface area contributed by atoms with Crippen LogP contribution in [0.1, 0.15) is 16.1 Å². The number of aromatic nitrogens is 1. The number of rotatable bonds is 7. The van der Waals surface area contributed by atoms with E-state index in [4.69, 9.17) is 4.74 Å². The van der Waals surface area contributed by atoms with Crippen LogP contribution >= 0.6 is 27.3 Å². The molecule has 0 atom stereocenters. The van der Waals surface area contributed by atoms with Gasteiger partial charge >= 0.3 is 0 Å². The minimum atomic E-state index is -0.423. The second kappa shape index (κ2) is 7.98. The maximum atomic E-state index is 12.6. The van der Waals surface area contributed by atoms with Gasteiger partial charge in [0.25, 0.3) is 11.6 Å². The molecule has 2 heterocycles. The Balaban J connectivity index is 1.98. The highest BCUT2D eigenvalue weighted by Crippen LogP contribution is 2.34. The molecule has 0 radical (unpaired) electrons. The average Bonchev–Trinajstić information content (AvgIpc) is 3.16. The predicted octanol–water partition coefficient (Wildman–Crippen LogP) is 3.80. The van der Waals surface area contributed by atoms with Crippen molar-refractivity contribution in [1.29, 1.82) is 0 Å². The molecule has 0 aliphatic carbocycles. The number of halogens is 1. The van der Waals surface area contributed by atoms with Gasteiger partial charge in [0.1, 0.15) is 5.69 Å². The van der Waals surface area contributed by atoms with Crippen molar-refractivity contribution >= 4 is 49.1 Å². The number of nitrogens with zero attached hydrogens (tertiary/aromatic N) is 2. The molecule has 0 aliphatic rings. The first kappa shape index (κ1) is 18.6. The van der Waals surface area contributed by atoms with Crippen LogP contribution in [-0.4, -0.2) is 35.7 Å². The van der Waals surface area contributed by atoms with E-state index in [-0.39, 0.29) is 11.6 Å². The number of hydrogen-bond donors (Lipinski definition) is 1. The lowest BCUT2D eigenvalue weighted by Crippen LogP contribution is -2.29. The van der Waals surface area contributed by atoms with Crippen molar-refractivity contribution in [3.05, 3.63) is 61.6 Å². The summed E-state index contributed by atoms with van der Waals surface area (Å²) in [5.74, 6) is -0.206. The number of methoxy groups -OCH3 is 1. The fraction of sp³-hybridized carbons (Fsp3) is 0.235. The molecule has 3 aromatic rings. The Labute approximate surface area is 161 Å². The summed E-state index contributed by atoms with van der Waals surface area (Å²) in [5.41, 5.74) is 2.19. The van der Waals surface area contributed by atoms with E-state index < -0.39 is 4.92 Å². The van der Waals surface area contributed by atoms with Gasteiger partial charge in [0.2, 0.25) is 0 Å². The van der Waals surface area contributed by atoms with E-state index in [1.807, 2.05) is 22.1 Å². The lowest BCUT2D eigenvalue weighted by molar-refractivity contribution is -0.384. The van der Waals surface area contributed by atoms with Crippen LogP contribution in [0.25, 0.3) is 10.2 Å². The van der Waals surface area contributed by atoms with Crippen LogP contribution in [0.5, 0.6) is 0 Å². The molecule has 26 heavy (non-hydrogen) atoms. The van der Waals surface area contributed by atoms with Crippen LogP contribution < -0.4 is 5.32 Å². The number of fused-ring (bicyclic) bond motifs is 1. The number of amides is 1. The third-order valence-corrected chi connectivity index (χ3v) is 5.69. The van der Waals surface area contributed by atoms with Gasteiger partial charge in [-0.2, -0.15) is 0 Å². The smallest absolute Gasteiger partial charge is 0.269 e. The van der Waals surface area contributed by atoms with Crippen LogP contribution in [0.4, 0.5) is 5.69 Å². The molecule has 7 nitrogen and oxygen atoms in total. The fourth-order valence-electron chi connectivity index (χ4n) is 2.69. The van der Waals surface area contributed by atoms with Crippen LogP contribution in [0.15, 0.2) is 40.2 Å². The maximum Gasteiger partial charge on any atom is 0.269 e. The lowest BCUT2D eigenvalue weighted by atomic mass is 10.2. The van der Waals surface area contributed by atoms with E-state index in [9.17, 15) is 14.9 Å². The second-order valence-electron chi connectivity index (χ2n) is 5.59. The topological polar surface area (TPSA) is 86.4 Å². The molecule has 0 saturated heterocycles. The van der Waals surface area contributed by atoms with Gasteiger partial charge in [-0.25, -0.2) is 0 Å². The van der Waals surface area contributed by atoms with Crippen molar-refractivity contribution in [2.24, 2.45) is 0 Å². The molecule has 0 spiro atoms. The first-order valence-electron chi connectivity index (χ1n) is 7.78. The highest BCUT2D eigenvalue weighted by atomic mass is 79.9. The number of nitrogens with one attached hydrogen (secondary N) is 1. The van der Waals surface area contributed by atoms with Gasteiger partial charge in [-0.15, -0.1) is 11.3 Å². The largest absolute Gasteiger partial charge is 0.383 e. The quantitative estimate of drug-likeness (QED) is 0.346. The number of benzene rings is 1. The summed E-state index contributed by atoms with van der Waals surface area (Å²) in [6, 6.07) is 8.28. The molecule has 1 amide bonds. The van der Waals surface area contributed by atoms with Crippen LogP contribution in [0.3, 0.4) is 0 Å². The molecule has 0 fully saturated rings. The molecule has 0 bridgehead atoms. The SMILES string of the molecule is COCCNC(=O)c1cc2scc(Br)c2n1Cc1cccc([N+](=O)[O-])c1. The minimum Gasteiger partial charge on any atom is -0.383 e. The first-order valence-corrected chi connectivity index (χ1v) is 9.45. The van der Waals surface area contributed by atoms with Gasteiger partial charge in [-0.05, 0) is 27.6 Å². The standard InChI is InChI=1S/C17H16BrN3O4S/c1-25-6-5-19-17(22)14-8-15-16(13(18)10-26-15)20(14)9-11-3-2-4-12(7-11)21(23)24/h2-4,7-8,10H,5-6,9H2,1H3,(H,19,22). The molecule has 2 aromatic heterocycles. The number of carbonyl (C=O) groups excluding carboxylic acids is 1. The molecular formula is C17H16BrN3O4S. The Bertz CT molecular complexity index is 966. The Kier molecular flexibility index (Phi) is 5.70. The zero-order valence-corrected chi connectivity index (χ0v) is 16.3. The Hall–Kier alpha value is -2.23. The van der Waals surface area contributed by atoms with Gasteiger partial charge in [-0.1, -0.05) is 12.1 Å². The van der Waals surface area contributed by atoms with E-state index in [0.717, 1.165) is 20.3 Å². The summed E-state index contributed by atoms with van der Waals surface area (Å²) < 4.78 is 8.69. The summed E-state index contributed by atoms with van der Waals surface area (Å²) in [6.07, 6.45) is 0. The van der Waals surface area contributed by atoms with Gasteiger partial charge in [0.05, 0.1) is 26.2 Å². The molecule has 0 aliphatic heterocycles. The highest BCUT2D eigenvalue weighted by Gasteiger charge is 2.19. The summed E-state index contributed by atoms with van der Waals surface area (Å²) in [6.45, 7) is 1.19. The van der Waals surface area contributed by atoms with E-state index in [0.29, 0.717) is 25.4 Å². The molecule has 136 valence electrons. The number of nitro benzene ring substituents is 1. The van der Waals surface area contributed by atoms with Gasteiger partial charge in [0.15, 0.2) is 0 Å². The van der Waals surface area contributed by atoms with Crippen molar-refractivity contribution < 1.29 is 14.5 Å². The van der Waals surface area contributed by atoms with Crippen molar-refractivity contribution in [1.82, 2.24) is 9.88 Å².